The quantitative estimate of drug-likeness (QED) is 0.714. The molecule has 0 saturated carbocycles. The average Bonchev–Trinajstić information content (AvgIpc) is 2.65. The fraction of sp³-hybridized carbons (Fsp3) is 0.391. The second-order valence-corrected chi connectivity index (χ2v) is 8.07. The van der Waals surface area contributed by atoms with Gasteiger partial charge in [-0.3, -0.25) is 9.59 Å². The molecule has 1 N–H and O–H groups in total. The van der Waals surface area contributed by atoms with Gasteiger partial charge in [-0.05, 0) is 43.0 Å². The van der Waals surface area contributed by atoms with Crippen LogP contribution in [0.4, 0.5) is 0 Å². The van der Waals surface area contributed by atoms with Crippen LogP contribution in [0.2, 0.25) is 5.02 Å². The Kier molecular flexibility index (Phi) is 8.06. The Morgan fingerprint density at radius 1 is 1.04 bits per heavy atom. The fourth-order valence-corrected chi connectivity index (χ4v) is 3.06. The molecule has 0 spiro atoms. The van der Waals surface area contributed by atoms with Crippen molar-refractivity contribution >= 4 is 23.4 Å². The number of halogens is 1. The van der Waals surface area contributed by atoms with E-state index in [4.69, 9.17) is 11.6 Å². The van der Waals surface area contributed by atoms with Gasteiger partial charge in [0.15, 0.2) is 0 Å². The molecule has 2 aromatic rings. The SMILES string of the molecule is Cc1ccc(CC(=O)N(Cc2cccc(Cl)c2)[C@H](C)C(=O)NCC(C)C)cc1. The molecule has 2 amide bonds. The van der Waals surface area contributed by atoms with Crippen molar-refractivity contribution in [3.8, 4) is 0 Å². The van der Waals surface area contributed by atoms with Crippen molar-refractivity contribution in [3.63, 3.8) is 0 Å². The van der Waals surface area contributed by atoms with E-state index >= 15 is 0 Å². The molecule has 1 atom stereocenters. The van der Waals surface area contributed by atoms with Crippen LogP contribution in [0.5, 0.6) is 0 Å². The largest absolute Gasteiger partial charge is 0.354 e. The first-order valence-electron chi connectivity index (χ1n) is 9.63. The molecule has 0 saturated heterocycles. The third kappa shape index (κ3) is 6.68. The predicted octanol–water partition coefficient (Wildman–Crippen LogP) is 4.38. The molecule has 2 rings (SSSR count). The van der Waals surface area contributed by atoms with E-state index in [9.17, 15) is 9.59 Å². The highest BCUT2D eigenvalue weighted by atomic mass is 35.5. The van der Waals surface area contributed by atoms with E-state index in [0.29, 0.717) is 24.0 Å². The van der Waals surface area contributed by atoms with Crippen molar-refractivity contribution in [2.24, 2.45) is 5.92 Å². The van der Waals surface area contributed by atoms with Crippen LogP contribution in [-0.2, 0) is 22.6 Å². The Balaban J connectivity index is 2.19. The van der Waals surface area contributed by atoms with Gasteiger partial charge in [-0.15, -0.1) is 0 Å². The highest BCUT2D eigenvalue weighted by Crippen LogP contribution is 2.16. The van der Waals surface area contributed by atoms with Crippen LogP contribution in [0.3, 0.4) is 0 Å². The number of aryl methyl sites for hydroxylation is 1. The van der Waals surface area contributed by atoms with E-state index in [1.165, 1.54) is 0 Å². The van der Waals surface area contributed by atoms with Crippen molar-refractivity contribution in [1.82, 2.24) is 10.2 Å². The standard InChI is InChI=1S/C23H29ClN2O2/c1-16(2)14-25-23(28)18(4)26(15-20-6-5-7-21(24)12-20)22(27)13-19-10-8-17(3)9-11-19/h5-12,16,18H,13-15H2,1-4H3,(H,25,28)/t18-/m1/s1. The summed E-state index contributed by atoms with van der Waals surface area (Å²) in [6, 6.07) is 14.7. The Morgan fingerprint density at radius 2 is 1.71 bits per heavy atom. The first-order chi connectivity index (χ1) is 13.3. The van der Waals surface area contributed by atoms with Gasteiger partial charge >= 0.3 is 0 Å². The molecular formula is C23H29ClN2O2. The van der Waals surface area contributed by atoms with E-state index in [-0.39, 0.29) is 18.2 Å². The topological polar surface area (TPSA) is 49.4 Å². The van der Waals surface area contributed by atoms with Crippen LogP contribution in [0.1, 0.15) is 37.5 Å². The zero-order chi connectivity index (χ0) is 20.7. The zero-order valence-electron chi connectivity index (χ0n) is 17.0. The molecule has 5 heteroatoms. The summed E-state index contributed by atoms with van der Waals surface area (Å²) in [6.07, 6.45) is 0.253. The molecule has 0 aliphatic carbocycles. The summed E-state index contributed by atoms with van der Waals surface area (Å²) in [5.41, 5.74) is 2.98. The summed E-state index contributed by atoms with van der Waals surface area (Å²) in [7, 11) is 0. The lowest BCUT2D eigenvalue weighted by molar-refractivity contribution is -0.140. The van der Waals surface area contributed by atoms with Gasteiger partial charge in [0, 0.05) is 18.1 Å². The van der Waals surface area contributed by atoms with E-state index in [1.807, 2.05) is 63.2 Å². The minimum absolute atomic E-state index is 0.0870. The van der Waals surface area contributed by atoms with E-state index in [2.05, 4.69) is 5.32 Å². The number of amides is 2. The molecule has 0 unspecified atom stereocenters. The Labute approximate surface area is 172 Å². The number of hydrogen-bond donors (Lipinski definition) is 1. The highest BCUT2D eigenvalue weighted by Gasteiger charge is 2.26. The van der Waals surface area contributed by atoms with E-state index < -0.39 is 6.04 Å². The Bertz CT molecular complexity index is 803. The number of nitrogens with zero attached hydrogens (tertiary/aromatic N) is 1. The van der Waals surface area contributed by atoms with Crippen molar-refractivity contribution in [1.29, 1.82) is 0 Å². The van der Waals surface area contributed by atoms with Crippen molar-refractivity contribution in [2.75, 3.05) is 6.54 Å². The van der Waals surface area contributed by atoms with Gasteiger partial charge in [-0.2, -0.15) is 0 Å². The van der Waals surface area contributed by atoms with Crippen LogP contribution in [0, 0.1) is 12.8 Å². The Morgan fingerprint density at radius 3 is 2.32 bits per heavy atom. The maximum atomic E-state index is 13.1. The lowest BCUT2D eigenvalue weighted by Crippen LogP contribution is -2.48. The van der Waals surface area contributed by atoms with E-state index in [1.54, 1.807) is 17.9 Å². The normalized spacial score (nSPS) is 11.9. The zero-order valence-corrected chi connectivity index (χ0v) is 17.8. The van der Waals surface area contributed by atoms with Gasteiger partial charge < -0.3 is 10.2 Å². The summed E-state index contributed by atoms with van der Waals surface area (Å²) in [4.78, 5) is 27.3. The molecule has 150 valence electrons. The average molecular weight is 401 g/mol. The van der Waals surface area contributed by atoms with Gasteiger partial charge in [0.1, 0.15) is 6.04 Å². The Hall–Kier alpha value is -2.33. The molecule has 0 fully saturated rings. The maximum absolute atomic E-state index is 13.1. The third-order valence-electron chi connectivity index (χ3n) is 4.57. The number of hydrogen-bond acceptors (Lipinski definition) is 2. The molecule has 0 heterocycles. The lowest BCUT2D eigenvalue weighted by atomic mass is 10.1. The summed E-state index contributed by atoms with van der Waals surface area (Å²) in [5, 5.41) is 3.54. The number of rotatable bonds is 8. The van der Waals surface area contributed by atoms with Gasteiger partial charge in [0.2, 0.25) is 11.8 Å². The molecular weight excluding hydrogens is 372 g/mol. The van der Waals surface area contributed by atoms with Crippen LogP contribution in [0.25, 0.3) is 0 Å². The molecule has 28 heavy (non-hydrogen) atoms. The molecule has 4 nitrogen and oxygen atoms in total. The molecule has 0 bridgehead atoms. The number of benzene rings is 2. The summed E-state index contributed by atoms with van der Waals surface area (Å²) >= 11 is 6.10. The number of carbonyl (C=O) groups excluding carboxylic acids is 2. The third-order valence-corrected chi connectivity index (χ3v) is 4.80. The van der Waals surface area contributed by atoms with Gasteiger partial charge in [0.05, 0.1) is 6.42 Å². The van der Waals surface area contributed by atoms with Crippen molar-refractivity contribution in [3.05, 3.63) is 70.2 Å². The van der Waals surface area contributed by atoms with Crippen LogP contribution < -0.4 is 5.32 Å². The van der Waals surface area contributed by atoms with Gasteiger partial charge in [0.25, 0.3) is 0 Å². The molecule has 0 aliphatic heterocycles. The van der Waals surface area contributed by atoms with Crippen molar-refractivity contribution in [2.45, 2.75) is 46.7 Å². The van der Waals surface area contributed by atoms with Gasteiger partial charge in [-0.1, -0.05) is 67.4 Å². The molecule has 0 radical (unpaired) electrons. The first-order valence-corrected chi connectivity index (χ1v) is 10.0. The minimum atomic E-state index is -0.573. The molecule has 2 aromatic carbocycles. The second-order valence-electron chi connectivity index (χ2n) is 7.63. The van der Waals surface area contributed by atoms with E-state index in [0.717, 1.165) is 16.7 Å². The molecule has 0 aromatic heterocycles. The smallest absolute Gasteiger partial charge is 0.242 e. The fourth-order valence-electron chi connectivity index (χ4n) is 2.85. The minimum Gasteiger partial charge on any atom is -0.354 e. The summed E-state index contributed by atoms with van der Waals surface area (Å²) < 4.78 is 0. The summed E-state index contributed by atoms with van der Waals surface area (Å²) in [6.45, 7) is 8.78. The second kappa shape index (κ2) is 10.3. The van der Waals surface area contributed by atoms with Gasteiger partial charge in [-0.25, -0.2) is 0 Å². The summed E-state index contributed by atoms with van der Waals surface area (Å²) in [5.74, 6) is 0.116. The monoisotopic (exact) mass is 400 g/mol. The van der Waals surface area contributed by atoms with Crippen LogP contribution >= 0.6 is 11.6 Å². The maximum Gasteiger partial charge on any atom is 0.242 e. The lowest BCUT2D eigenvalue weighted by Gasteiger charge is -2.29. The van der Waals surface area contributed by atoms with Crippen LogP contribution in [0.15, 0.2) is 48.5 Å². The van der Waals surface area contributed by atoms with Crippen molar-refractivity contribution < 1.29 is 9.59 Å². The highest BCUT2D eigenvalue weighted by molar-refractivity contribution is 6.30. The number of nitrogens with one attached hydrogen (secondary N) is 1. The molecule has 0 aliphatic rings. The predicted molar refractivity (Wildman–Crippen MR) is 114 cm³/mol. The van der Waals surface area contributed by atoms with Crippen LogP contribution in [-0.4, -0.2) is 29.3 Å². The number of carbonyl (C=O) groups is 2. The first kappa shape index (κ1) is 22.0.